The van der Waals surface area contributed by atoms with E-state index in [4.69, 9.17) is 16.1 Å². The summed E-state index contributed by atoms with van der Waals surface area (Å²) >= 11 is 5.93. The Kier molecular flexibility index (Phi) is 5.37. The number of carbonyl (C=O) groups is 1. The molecule has 1 aliphatic rings. The van der Waals surface area contributed by atoms with Gasteiger partial charge in [0.2, 0.25) is 5.91 Å². The Morgan fingerprint density at radius 1 is 1.25 bits per heavy atom. The molecular formula is C17H21ClN4O2. The lowest BCUT2D eigenvalue weighted by atomic mass is 10.2. The van der Waals surface area contributed by atoms with E-state index in [1.165, 1.54) is 5.69 Å². The fourth-order valence-corrected chi connectivity index (χ4v) is 2.90. The fraction of sp³-hybridized carbons (Fsp3) is 0.412. The minimum Gasteiger partial charge on any atom is -0.369 e. The minimum atomic E-state index is -0.0385. The van der Waals surface area contributed by atoms with E-state index in [9.17, 15) is 4.79 Å². The highest BCUT2D eigenvalue weighted by Crippen LogP contribution is 2.19. The van der Waals surface area contributed by atoms with Crippen molar-refractivity contribution in [1.82, 2.24) is 10.1 Å². The monoisotopic (exact) mass is 348 g/mol. The highest BCUT2D eigenvalue weighted by molar-refractivity contribution is 6.30. The summed E-state index contributed by atoms with van der Waals surface area (Å²) in [4.78, 5) is 16.6. The van der Waals surface area contributed by atoms with Crippen molar-refractivity contribution in [3.8, 4) is 0 Å². The van der Waals surface area contributed by atoms with Gasteiger partial charge in [-0.3, -0.25) is 9.69 Å². The molecular weight excluding hydrogens is 328 g/mol. The van der Waals surface area contributed by atoms with Crippen LogP contribution < -0.4 is 10.2 Å². The molecule has 24 heavy (non-hydrogen) atoms. The summed E-state index contributed by atoms with van der Waals surface area (Å²) in [6.07, 6.45) is 0.451. The molecule has 1 aromatic heterocycles. The van der Waals surface area contributed by atoms with Crippen LogP contribution in [0.25, 0.3) is 0 Å². The summed E-state index contributed by atoms with van der Waals surface area (Å²) in [5.41, 5.74) is 1.19. The largest absolute Gasteiger partial charge is 0.369 e. The molecule has 1 fully saturated rings. The SMILES string of the molecule is Cc1cc(NC(=O)CCN2CCN(c3ccc(Cl)cc3)CC2)no1. The number of amides is 1. The molecule has 0 spiro atoms. The first-order valence-corrected chi connectivity index (χ1v) is 8.44. The average molecular weight is 349 g/mol. The number of halogens is 1. The summed E-state index contributed by atoms with van der Waals surface area (Å²) in [5, 5.41) is 7.27. The predicted molar refractivity (Wildman–Crippen MR) is 94.6 cm³/mol. The number of hydrogen-bond donors (Lipinski definition) is 1. The molecule has 7 heteroatoms. The molecule has 2 heterocycles. The Bertz CT molecular complexity index is 678. The van der Waals surface area contributed by atoms with Crippen LogP contribution >= 0.6 is 11.6 Å². The minimum absolute atomic E-state index is 0.0385. The average Bonchev–Trinajstić information content (AvgIpc) is 2.99. The van der Waals surface area contributed by atoms with Crippen LogP contribution in [0.3, 0.4) is 0 Å². The molecule has 0 saturated carbocycles. The molecule has 1 aromatic carbocycles. The van der Waals surface area contributed by atoms with E-state index in [2.05, 4.69) is 20.3 Å². The van der Waals surface area contributed by atoms with Crippen LogP contribution in [0, 0.1) is 6.92 Å². The highest BCUT2D eigenvalue weighted by atomic mass is 35.5. The number of rotatable bonds is 5. The molecule has 1 aliphatic heterocycles. The van der Waals surface area contributed by atoms with Gasteiger partial charge in [-0.15, -0.1) is 0 Å². The van der Waals surface area contributed by atoms with E-state index in [1.54, 1.807) is 13.0 Å². The van der Waals surface area contributed by atoms with Crippen LogP contribution in [0.4, 0.5) is 11.5 Å². The molecule has 2 aromatic rings. The second-order valence-electron chi connectivity index (χ2n) is 5.93. The Balaban J connectivity index is 1.40. The van der Waals surface area contributed by atoms with E-state index in [0.29, 0.717) is 18.0 Å². The third kappa shape index (κ3) is 4.49. The zero-order chi connectivity index (χ0) is 16.9. The van der Waals surface area contributed by atoms with E-state index < -0.39 is 0 Å². The first-order chi connectivity index (χ1) is 11.6. The van der Waals surface area contributed by atoms with Gasteiger partial charge < -0.3 is 14.7 Å². The molecule has 1 amide bonds. The molecule has 1 N–H and O–H groups in total. The molecule has 0 bridgehead atoms. The van der Waals surface area contributed by atoms with Gasteiger partial charge in [-0.25, -0.2) is 0 Å². The number of aryl methyl sites for hydroxylation is 1. The van der Waals surface area contributed by atoms with Crippen molar-refractivity contribution in [3.05, 3.63) is 41.1 Å². The molecule has 3 rings (SSSR count). The van der Waals surface area contributed by atoms with Crippen LogP contribution in [0.2, 0.25) is 5.02 Å². The van der Waals surface area contributed by atoms with E-state index in [0.717, 1.165) is 37.7 Å². The Labute approximate surface area is 146 Å². The lowest BCUT2D eigenvalue weighted by Crippen LogP contribution is -2.47. The highest BCUT2D eigenvalue weighted by Gasteiger charge is 2.18. The smallest absolute Gasteiger partial charge is 0.226 e. The van der Waals surface area contributed by atoms with Crippen LogP contribution in [-0.4, -0.2) is 48.7 Å². The number of piperazine rings is 1. The summed E-state index contributed by atoms with van der Waals surface area (Å²) in [6.45, 7) is 6.33. The number of carbonyl (C=O) groups excluding carboxylic acids is 1. The van der Waals surface area contributed by atoms with Crippen molar-refractivity contribution < 1.29 is 9.32 Å². The Hall–Kier alpha value is -2.05. The van der Waals surface area contributed by atoms with Crippen molar-refractivity contribution >= 4 is 29.0 Å². The Morgan fingerprint density at radius 2 is 1.96 bits per heavy atom. The molecule has 0 atom stereocenters. The van der Waals surface area contributed by atoms with Gasteiger partial charge in [0.15, 0.2) is 5.82 Å². The zero-order valence-electron chi connectivity index (χ0n) is 13.7. The standard InChI is InChI=1S/C17H21ClN4O2/c1-13-12-16(20-24-13)19-17(23)6-7-21-8-10-22(11-9-21)15-4-2-14(18)3-5-15/h2-5,12H,6-11H2,1H3,(H,19,20,23). The van der Waals surface area contributed by atoms with Gasteiger partial charge in [0, 0.05) is 55.9 Å². The lowest BCUT2D eigenvalue weighted by Gasteiger charge is -2.36. The van der Waals surface area contributed by atoms with Crippen molar-refractivity contribution in [3.63, 3.8) is 0 Å². The maximum atomic E-state index is 11.9. The lowest BCUT2D eigenvalue weighted by molar-refractivity contribution is -0.116. The van der Waals surface area contributed by atoms with Crippen molar-refractivity contribution in [2.24, 2.45) is 0 Å². The van der Waals surface area contributed by atoms with Gasteiger partial charge in [-0.2, -0.15) is 0 Å². The number of nitrogens with zero attached hydrogens (tertiary/aromatic N) is 3. The number of hydrogen-bond acceptors (Lipinski definition) is 5. The van der Waals surface area contributed by atoms with Crippen LogP contribution in [0.15, 0.2) is 34.9 Å². The van der Waals surface area contributed by atoms with Gasteiger partial charge in [-0.05, 0) is 31.2 Å². The Morgan fingerprint density at radius 3 is 2.58 bits per heavy atom. The summed E-state index contributed by atoms with van der Waals surface area (Å²) in [7, 11) is 0. The normalized spacial score (nSPS) is 15.5. The first-order valence-electron chi connectivity index (χ1n) is 8.06. The van der Waals surface area contributed by atoms with Crippen molar-refractivity contribution in [1.29, 1.82) is 0 Å². The summed E-state index contributed by atoms with van der Waals surface area (Å²) in [5.74, 6) is 1.12. The second-order valence-corrected chi connectivity index (χ2v) is 6.36. The van der Waals surface area contributed by atoms with Gasteiger partial charge in [0.25, 0.3) is 0 Å². The van der Waals surface area contributed by atoms with Gasteiger partial charge in [0.1, 0.15) is 5.76 Å². The van der Waals surface area contributed by atoms with E-state index >= 15 is 0 Å². The van der Waals surface area contributed by atoms with Crippen LogP contribution in [-0.2, 0) is 4.79 Å². The number of aromatic nitrogens is 1. The zero-order valence-corrected chi connectivity index (χ0v) is 14.4. The maximum absolute atomic E-state index is 11.9. The van der Waals surface area contributed by atoms with Crippen molar-refractivity contribution in [2.75, 3.05) is 42.9 Å². The quantitative estimate of drug-likeness (QED) is 0.900. The van der Waals surface area contributed by atoms with Crippen molar-refractivity contribution in [2.45, 2.75) is 13.3 Å². The maximum Gasteiger partial charge on any atom is 0.226 e. The second kappa shape index (κ2) is 7.68. The summed E-state index contributed by atoms with van der Waals surface area (Å²) < 4.78 is 4.93. The van der Waals surface area contributed by atoms with E-state index in [-0.39, 0.29) is 5.91 Å². The molecule has 6 nitrogen and oxygen atoms in total. The third-order valence-electron chi connectivity index (χ3n) is 4.11. The third-order valence-corrected chi connectivity index (χ3v) is 4.37. The predicted octanol–water partition coefficient (Wildman–Crippen LogP) is 2.79. The van der Waals surface area contributed by atoms with Gasteiger partial charge in [-0.1, -0.05) is 16.8 Å². The van der Waals surface area contributed by atoms with Gasteiger partial charge >= 0.3 is 0 Å². The molecule has 0 radical (unpaired) electrons. The topological polar surface area (TPSA) is 61.6 Å². The molecule has 128 valence electrons. The van der Waals surface area contributed by atoms with Gasteiger partial charge in [0.05, 0.1) is 0 Å². The fourth-order valence-electron chi connectivity index (χ4n) is 2.77. The summed E-state index contributed by atoms with van der Waals surface area (Å²) in [6, 6.07) is 9.64. The van der Waals surface area contributed by atoms with Crippen LogP contribution in [0.5, 0.6) is 0 Å². The number of anilines is 2. The van der Waals surface area contributed by atoms with E-state index in [1.807, 2.05) is 24.3 Å². The molecule has 1 saturated heterocycles. The number of benzene rings is 1. The van der Waals surface area contributed by atoms with Crippen LogP contribution in [0.1, 0.15) is 12.2 Å². The molecule has 0 aliphatic carbocycles. The molecule has 0 unspecified atom stereocenters. The number of nitrogens with one attached hydrogen (secondary N) is 1. The first kappa shape index (κ1) is 16.8.